The molecule has 2 aromatic rings. The van der Waals surface area contributed by atoms with Gasteiger partial charge in [0, 0.05) is 5.75 Å². The Balaban J connectivity index is 1.68. The molecule has 15 heteroatoms. The van der Waals surface area contributed by atoms with E-state index >= 15 is 0 Å². The van der Waals surface area contributed by atoms with Crippen molar-refractivity contribution in [2.45, 2.75) is 136 Å². The summed E-state index contributed by atoms with van der Waals surface area (Å²) in [6.45, 7) is 7.38. The van der Waals surface area contributed by atoms with Crippen LogP contribution in [0.4, 0.5) is 10.6 Å². The van der Waals surface area contributed by atoms with Gasteiger partial charge in [0.05, 0.1) is 31.7 Å². The van der Waals surface area contributed by atoms with E-state index in [9.17, 15) is 9.36 Å². The number of rotatable bonds is 28. The summed E-state index contributed by atoms with van der Waals surface area (Å²) in [4.78, 5) is 24.2. The fraction of sp³-hybridized carbons (Fsp3) is 0.812. The highest BCUT2D eigenvalue weighted by atomic mass is 32.8. The van der Waals surface area contributed by atoms with Crippen LogP contribution in [-0.4, -0.2) is 69.1 Å². The molecule has 0 aliphatic carbocycles. The van der Waals surface area contributed by atoms with E-state index in [1.54, 1.807) is 24.7 Å². The second-order valence-corrected chi connectivity index (χ2v) is 17.2. The van der Waals surface area contributed by atoms with E-state index in [1.165, 1.54) is 89.8 Å². The smallest absolute Gasteiger partial charge is 0.432 e. The maximum absolute atomic E-state index is 13.6. The van der Waals surface area contributed by atoms with Crippen molar-refractivity contribution < 1.29 is 32.6 Å². The van der Waals surface area contributed by atoms with Crippen LogP contribution in [0.3, 0.4) is 0 Å². The van der Waals surface area contributed by atoms with Crippen molar-refractivity contribution in [3.05, 3.63) is 12.7 Å². The number of nitrogens with two attached hydrogens (primary N) is 1. The normalized spacial score (nSPS) is 14.3. The summed E-state index contributed by atoms with van der Waals surface area (Å²) in [6.07, 6.45) is 19.4. The highest BCUT2D eigenvalue weighted by molar-refractivity contribution is 8.28. The topological polar surface area (TPSA) is 150 Å². The molecule has 47 heavy (non-hydrogen) atoms. The van der Waals surface area contributed by atoms with Gasteiger partial charge in [-0.1, -0.05) is 102 Å². The van der Waals surface area contributed by atoms with Gasteiger partial charge in [0.15, 0.2) is 11.5 Å². The third-order valence-electron chi connectivity index (χ3n) is 7.48. The molecule has 0 aliphatic rings. The van der Waals surface area contributed by atoms with Crippen LogP contribution in [-0.2, 0) is 55.0 Å². The lowest BCUT2D eigenvalue weighted by atomic mass is 10.0. The van der Waals surface area contributed by atoms with Crippen LogP contribution in [0.25, 0.3) is 11.2 Å². The molecule has 0 aliphatic heterocycles. The number of nitrogen functional groups attached to an aromatic ring is 1. The van der Waals surface area contributed by atoms with Gasteiger partial charge in [0.1, 0.15) is 18.2 Å². The summed E-state index contributed by atoms with van der Waals surface area (Å²) in [7, 11) is -4.08. The molecule has 0 aromatic carbocycles. The highest BCUT2D eigenvalue weighted by Crippen LogP contribution is 2.48. The van der Waals surface area contributed by atoms with Crippen LogP contribution < -0.4 is 5.73 Å². The van der Waals surface area contributed by atoms with Gasteiger partial charge in [-0.05, 0) is 32.9 Å². The number of carbonyl (C=O) groups excluding carboxylic acids is 1. The van der Waals surface area contributed by atoms with Gasteiger partial charge in [0.2, 0.25) is 6.79 Å². The third-order valence-corrected chi connectivity index (χ3v) is 11.4. The number of nitrogens with zero attached hydrogens (tertiary/aromatic N) is 4. The van der Waals surface area contributed by atoms with Crippen molar-refractivity contribution >= 4 is 51.4 Å². The number of unbranched alkanes of at least 4 members (excludes halogenated alkanes) is 13. The van der Waals surface area contributed by atoms with Crippen molar-refractivity contribution in [3.8, 4) is 0 Å². The molecule has 3 atom stereocenters. The minimum Gasteiger partial charge on any atom is -0.432 e. The predicted octanol–water partition coefficient (Wildman–Crippen LogP) is 8.08. The van der Waals surface area contributed by atoms with E-state index in [0.29, 0.717) is 23.5 Å². The molecule has 2 unspecified atom stereocenters. The Kier molecular flexibility index (Phi) is 21.6. The first-order chi connectivity index (χ1) is 22.6. The molecule has 0 amide bonds. The monoisotopic (exact) mass is 719 g/mol. The molecule has 270 valence electrons. The fourth-order valence-electron chi connectivity index (χ4n) is 4.90. The summed E-state index contributed by atoms with van der Waals surface area (Å²) < 4.78 is 42.2. The lowest BCUT2D eigenvalue weighted by molar-refractivity contribution is -0.0177. The molecule has 2 aromatic heterocycles. The van der Waals surface area contributed by atoms with Gasteiger partial charge >= 0.3 is 13.8 Å². The molecule has 2 heterocycles. The number of hydrogen-bond acceptors (Lipinski definition) is 12. The average molecular weight is 720 g/mol. The third kappa shape index (κ3) is 18.6. The molecule has 2 N–H and O–H groups in total. The van der Waals surface area contributed by atoms with Gasteiger partial charge in [-0.15, -0.1) is 9.45 Å². The maximum atomic E-state index is 13.6. The zero-order chi connectivity index (χ0) is 34.3. The van der Waals surface area contributed by atoms with Crippen LogP contribution in [0.1, 0.15) is 118 Å². The number of hydrogen-bond donors (Lipinski definition) is 1. The average Bonchev–Trinajstić information content (AvgIpc) is 3.43. The molecular formula is C32H58N5O7PS2. The van der Waals surface area contributed by atoms with E-state index < -0.39 is 26.6 Å². The van der Waals surface area contributed by atoms with Gasteiger partial charge in [-0.2, -0.15) is 0 Å². The molecule has 0 radical (unpaired) electrons. The number of anilines is 1. The van der Waals surface area contributed by atoms with E-state index in [1.807, 2.05) is 6.92 Å². The van der Waals surface area contributed by atoms with Crippen LogP contribution in [0.15, 0.2) is 12.7 Å². The van der Waals surface area contributed by atoms with Crippen LogP contribution in [0.5, 0.6) is 0 Å². The lowest BCUT2D eigenvalue weighted by Gasteiger charge is -2.21. The van der Waals surface area contributed by atoms with E-state index in [2.05, 4.69) is 21.9 Å². The summed E-state index contributed by atoms with van der Waals surface area (Å²) in [5.41, 5.74) is 6.94. The molecule has 0 bridgehead atoms. The van der Waals surface area contributed by atoms with Crippen molar-refractivity contribution in [2.24, 2.45) is 0 Å². The van der Waals surface area contributed by atoms with Crippen LogP contribution >= 0.6 is 7.60 Å². The Morgan fingerprint density at radius 2 is 1.53 bits per heavy atom. The number of ether oxygens (including phenoxy) is 3. The van der Waals surface area contributed by atoms with Gasteiger partial charge in [-0.3, -0.25) is 9.09 Å². The number of aromatic nitrogens is 4. The molecule has 0 saturated heterocycles. The van der Waals surface area contributed by atoms with E-state index in [0.717, 1.165) is 12.2 Å². The lowest BCUT2D eigenvalue weighted by Crippen LogP contribution is -2.20. The number of imidazole rings is 1. The molecular weight excluding hydrogens is 661 g/mol. The summed E-state index contributed by atoms with van der Waals surface area (Å²) in [5.74, 6) is 1.80. The van der Waals surface area contributed by atoms with Gasteiger partial charge < -0.3 is 29.0 Å². The first-order valence-electron chi connectivity index (χ1n) is 17.2. The maximum Gasteiger partial charge on any atom is 0.510 e. The molecule has 0 spiro atoms. The predicted molar refractivity (Wildman–Crippen MR) is 192 cm³/mol. The minimum absolute atomic E-state index is 0.152. The van der Waals surface area contributed by atoms with E-state index in [-0.39, 0.29) is 34.3 Å². The Labute approximate surface area is 288 Å². The first kappa shape index (κ1) is 41.5. The summed E-state index contributed by atoms with van der Waals surface area (Å²) >= 11 is 5.67. The largest absolute Gasteiger partial charge is 0.510 e. The summed E-state index contributed by atoms with van der Waals surface area (Å²) in [6, 6.07) is 0. The van der Waals surface area contributed by atoms with Gasteiger partial charge in [0.25, 0.3) is 0 Å². The minimum atomic E-state index is -3.79. The first-order valence-corrected chi connectivity index (χ1v) is 21.4. The molecule has 2 rings (SSSR count). The molecule has 12 nitrogen and oxygen atoms in total. The van der Waals surface area contributed by atoms with Crippen LogP contribution in [0.2, 0.25) is 0 Å². The number of carbonyl (C=O) groups is 1. The summed E-state index contributed by atoms with van der Waals surface area (Å²) in [5, 5.41) is 0. The van der Waals surface area contributed by atoms with Gasteiger partial charge in [-0.25, -0.2) is 19.7 Å². The highest BCUT2D eigenvalue weighted by Gasteiger charge is 2.28. The standard InChI is InChI=1S/C32H58N5O7PS2/c1-5-6-7-8-9-10-11-12-13-14-15-16-17-18-20-47(46)21-19-42-45(39,43-25-40-32(38)44-27(2)3)26-41-28(4)22-37-24-36-29-30(33)34-23-35-31(29)37/h23-24,27-28H,5-22,25-26H2,1-4H3,(H2,33,34,35)/t28-,45?,47?/m1/s1. The van der Waals surface area contributed by atoms with Crippen molar-refractivity contribution in [2.75, 3.05) is 37.0 Å². The second-order valence-electron chi connectivity index (χ2n) is 12.1. The molecule has 0 saturated carbocycles. The number of fused-ring (bicyclic) bond motifs is 1. The second kappa shape index (κ2) is 24.4. The van der Waals surface area contributed by atoms with Crippen LogP contribution in [0, 0.1) is 0 Å². The zero-order valence-electron chi connectivity index (χ0n) is 28.9. The SMILES string of the molecule is CCCCCCCCCCCCCCCCS(=S)CCOP(=O)(CO[C@H](C)Cn1cnc2c(N)ncnc21)OCOC(=O)OC(C)C. The van der Waals surface area contributed by atoms with Crippen molar-refractivity contribution in [1.82, 2.24) is 19.5 Å². The Morgan fingerprint density at radius 3 is 2.15 bits per heavy atom. The van der Waals surface area contributed by atoms with E-state index in [4.69, 9.17) is 40.2 Å². The van der Waals surface area contributed by atoms with Crippen molar-refractivity contribution in [3.63, 3.8) is 0 Å². The Hall–Kier alpha value is -1.70. The molecule has 0 fully saturated rings. The van der Waals surface area contributed by atoms with Crippen molar-refractivity contribution in [1.29, 1.82) is 0 Å². The fourth-order valence-corrected chi connectivity index (χ4v) is 7.83. The zero-order valence-corrected chi connectivity index (χ0v) is 31.5. The Morgan fingerprint density at radius 1 is 0.915 bits per heavy atom. The Bertz CT molecular complexity index is 1220. The quantitative estimate of drug-likeness (QED) is 0.0392.